The quantitative estimate of drug-likeness (QED) is 0.462. The first-order valence-electron chi connectivity index (χ1n) is 11.2. The first kappa shape index (κ1) is 25.1. The van der Waals surface area contributed by atoms with Crippen molar-refractivity contribution in [2.45, 2.75) is 51.4 Å². The summed E-state index contributed by atoms with van der Waals surface area (Å²) in [5, 5.41) is 3.56. The molecule has 0 aliphatic carbocycles. The summed E-state index contributed by atoms with van der Waals surface area (Å²) in [7, 11) is 0. The summed E-state index contributed by atoms with van der Waals surface area (Å²) < 4.78 is 49.7. The van der Waals surface area contributed by atoms with E-state index < -0.39 is 23.9 Å². The Labute approximate surface area is 204 Å². The summed E-state index contributed by atoms with van der Waals surface area (Å²) in [6.07, 6.45) is -0.0194. The molecule has 0 spiro atoms. The van der Waals surface area contributed by atoms with Crippen molar-refractivity contribution in [1.82, 2.24) is 20.3 Å². The van der Waals surface area contributed by atoms with Crippen LogP contribution in [0.5, 0.6) is 5.75 Å². The van der Waals surface area contributed by atoms with E-state index in [1.54, 1.807) is 30.4 Å². The van der Waals surface area contributed by atoms with Crippen LogP contribution in [-0.2, 0) is 10.9 Å². The Hall–Kier alpha value is -3.05. The maximum atomic E-state index is 13.1. The number of halogens is 3. The van der Waals surface area contributed by atoms with Crippen molar-refractivity contribution in [3.05, 3.63) is 58.6 Å². The molecule has 2 aromatic heterocycles. The zero-order chi connectivity index (χ0) is 25.2. The molecule has 1 N–H and O–H groups in total. The standard InChI is InChI=1S/C24H25F3N4O3S/c1-13(2)20-11-28-22(35-20)16-6-15(7-19(8-16)34-18-4-5-33-12-18)21(32)31-14(3)17-9-29-23(30-10-17)24(25,26)27/h6-11,13-14,18H,4-5,12H2,1-3H3,(H,31,32)/t14?,18-/m1/s1. The highest BCUT2D eigenvalue weighted by Crippen LogP contribution is 2.33. The highest BCUT2D eigenvalue weighted by Gasteiger charge is 2.34. The smallest absolute Gasteiger partial charge is 0.451 e. The molecular weight excluding hydrogens is 481 g/mol. The van der Waals surface area contributed by atoms with Gasteiger partial charge >= 0.3 is 6.18 Å². The summed E-state index contributed by atoms with van der Waals surface area (Å²) in [5.74, 6) is -0.789. The molecule has 1 saturated heterocycles. The van der Waals surface area contributed by atoms with E-state index in [4.69, 9.17) is 9.47 Å². The van der Waals surface area contributed by atoms with Crippen molar-refractivity contribution < 1.29 is 27.4 Å². The molecule has 1 amide bonds. The number of alkyl halides is 3. The molecule has 1 aliphatic heterocycles. The fourth-order valence-electron chi connectivity index (χ4n) is 3.48. The van der Waals surface area contributed by atoms with Crippen LogP contribution in [0.25, 0.3) is 10.6 Å². The first-order chi connectivity index (χ1) is 16.6. The lowest BCUT2D eigenvalue weighted by Crippen LogP contribution is -2.27. The topological polar surface area (TPSA) is 86.2 Å². The molecule has 0 bridgehead atoms. The minimum absolute atomic E-state index is 0.105. The number of aromatic nitrogens is 3. The zero-order valence-corrected chi connectivity index (χ0v) is 20.2. The van der Waals surface area contributed by atoms with E-state index in [1.807, 2.05) is 12.3 Å². The fraction of sp³-hybridized carbons (Fsp3) is 0.417. The second-order valence-electron chi connectivity index (χ2n) is 8.60. The van der Waals surface area contributed by atoms with Gasteiger partial charge in [-0.25, -0.2) is 15.0 Å². The number of hydrogen-bond donors (Lipinski definition) is 1. The molecule has 11 heteroatoms. The van der Waals surface area contributed by atoms with Gasteiger partial charge in [-0.05, 0) is 31.0 Å². The number of nitrogens with zero attached hydrogens (tertiary/aromatic N) is 3. The van der Waals surface area contributed by atoms with E-state index in [2.05, 4.69) is 34.1 Å². The zero-order valence-electron chi connectivity index (χ0n) is 19.4. The van der Waals surface area contributed by atoms with E-state index in [-0.39, 0.29) is 6.10 Å². The predicted octanol–water partition coefficient (Wildman–Crippen LogP) is 5.40. The van der Waals surface area contributed by atoms with E-state index in [9.17, 15) is 18.0 Å². The fourth-order valence-corrected chi connectivity index (χ4v) is 4.38. The van der Waals surface area contributed by atoms with Crippen molar-refractivity contribution in [3.8, 4) is 16.3 Å². The number of thiazole rings is 1. The molecule has 3 aromatic rings. The molecule has 7 nitrogen and oxygen atoms in total. The van der Waals surface area contributed by atoms with Gasteiger partial charge in [0.2, 0.25) is 5.82 Å². The predicted molar refractivity (Wildman–Crippen MR) is 124 cm³/mol. The molecular formula is C24H25F3N4O3S. The van der Waals surface area contributed by atoms with Crippen LogP contribution < -0.4 is 10.1 Å². The summed E-state index contributed by atoms with van der Waals surface area (Å²) in [6, 6.07) is 4.61. The van der Waals surface area contributed by atoms with E-state index in [0.29, 0.717) is 36.0 Å². The van der Waals surface area contributed by atoms with Crippen LogP contribution in [0.1, 0.15) is 65.8 Å². The lowest BCUT2D eigenvalue weighted by molar-refractivity contribution is -0.145. The molecule has 186 valence electrons. The molecule has 4 rings (SSSR count). The SMILES string of the molecule is CC(C)c1cnc(-c2cc(O[C@@H]3CCOC3)cc(C(=O)NC(C)c3cnc(C(F)(F)F)nc3)c2)s1. The van der Waals surface area contributed by atoms with E-state index >= 15 is 0 Å². The normalized spacial score (nSPS) is 16.9. The molecule has 1 aliphatic rings. The van der Waals surface area contributed by atoms with Gasteiger partial charge in [0, 0.05) is 46.6 Å². The molecule has 3 heterocycles. The van der Waals surface area contributed by atoms with Crippen molar-refractivity contribution in [1.29, 1.82) is 0 Å². The molecule has 35 heavy (non-hydrogen) atoms. The minimum atomic E-state index is -4.63. The Morgan fingerprint density at radius 2 is 1.89 bits per heavy atom. The van der Waals surface area contributed by atoms with Gasteiger partial charge in [0.05, 0.1) is 19.3 Å². The summed E-state index contributed by atoms with van der Waals surface area (Å²) in [5.41, 5.74) is 1.44. The lowest BCUT2D eigenvalue weighted by atomic mass is 10.1. The van der Waals surface area contributed by atoms with Crippen LogP contribution in [0.15, 0.2) is 36.8 Å². The van der Waals surface area contributed by atoms with Crippen molar-refractivity contribution in [3.63, 3.8) is 0 Å². The van der Waals surface area contributed by atoms with Gasteiger partial charge in [0.25, 0.3) is 5.91 Å². The van der Waals surface area contributed by atoms with E-state index in [0.717, 1.165) is 34.3 Å². The molecule has 1 fully saturated rings. The molecule has 1 aromatic carbocycles. The second kappa shape index (κ2) is 10.3. The summed E-state index contributed by atoms with van der Waals surface area (Å²) in [6.45, 7) is 6.92. The van der Waals surface area contributed by atoms with Gasteiger partial charge in [0.15, 0.2) is 0 Å². The van der Waals surface area contributed by atoms with Crippen LogP contribution in [0.3, 0.4) is 0 Å². The highest BCUT2D eigenvalue weighted by molar-refractivity contribution is 7.15. The van der Waals surface area contributed by atoms with Crippen LogP contribution in [0, 0.1) is 0 Å². The number of hydrogen-bond acceptors (Lipinski definition) is 7. The Kier molecular flexibility index (Phi) is 7.36. The number of carbonyl (C=O) groups excluding carboxylic acids is 1. The Morgan fingerprint density at radius 3 is 2.49 bits per heavy atom. The first-order valence-corrected chi connectivity index (χ1v) is 12.0. The Bertz CT molecular complexity index is 1180. The average Bonchev–Trinajstić information content (AvgIpc) is 3.51. The van der Waals surface area contributed by atoms with Crippen LogP contribution in [-0.4, -0.2) is 40.2 Å². The van der Waals surface area contributed by atoms with Gasteiger partial charge in [-0.15, -0.1) is 11.3 Å². The van der Waals surface area contributed by atoms with E-state index in [1.165, 1.54) is 0 Å². The van der Waals surface area contributed by atoms with Gasteiger partial charge in [-0.3, -0.25) is 4.79 Å². The third-order valence-corrected chi connectivity index (χ3v) is 6.82. The van der Waals surface area contributed by atoms with Crippen molar-refractivity contribution >= 4 is 17.2 Å². The summed E-state index contributed by atoms with van der Waals surface area (Å²) >= 11 is 1.55. The largest absolute Gasteiger partial charge is 0.488 e. The van der Waals surface area contributed by atoms with Gasteiger partial charge in [0.1, 0.15) is 16.9 Å². The molecule has 2 atom stereocenters. The summed E-state index contributed by atoms with van der Waals surface area (Å²) in [4.78, 5) is 25.5. The Morgan fingerprint density at radius 1 is 1.14 bits per heavy atom. The lowest BCUT2D eigenvalue weighted by Gasteiger charge is -2.17. The van der Waals surface area contributed by atoms with Crippen molar-refractivity contribution in [2.24, 2.45) is 0 Å². The van der Waals surface area contributed by atoms with Gasteiger partial charge in [-0.1, -0.05) is 13.8 Å². The van der Waals surface area contributed by atoms with Crippen LogP contribution >= 0.6 is 11.3 Å². The molecule has 1 unspecified atom stereocenters. The third kappa shape index (κ3) is 6.15. The number of amides is 1. The molecule has 0 radical (unpaired) electrons. The van der Waals surface area contributed by atoms with Gasteiger partial charge in [-0.2, -0.15) is 13.2 Å². The maximum absolute atomic E-state index is 13.1. The Balaban J connectivity index is 1.58. The number of ether oxygens (including phenoxy) is 2. The number of nitrogens with one attached hydrogen (secondary N) is 1. The number of benzene rings is 1. The van der Waals surface area contributed by atoms with Crippen LogP contribution in [0.4, 0.5) is 13.2 Å². The number of rotatable bonds is 7. The van der Waals surface area contributed by atoms with Crippen molar-refractivity contribution in [2.75, 3.05) is 13.2 Å². The minimum Gasteiger partial charge on any atom is -0.488 e. The highest BCUT2D eigenvalue weighted by atomic mass is 32.1. The third-order valence-electron chi connectivity index (χ3n) is 5.47. The molecule has 0 saturated carbocycles. The maximum Gasteiger partial charge on any atom is 0.451 e. The van der Waals surface area contributed by atoms with Gasteiger partial charge < -0.3 is 14.8 Å². The van der Waals surface area contributed by atoms with Crippen LogP contribution in [0.2, 0.25) is 0 Å². The second-order valence-corrected chi connectivity index (χ2v) is 9.67. The average molecular weight is 507 g/mol. The number of carbonyl (C=O) groups is 1. The monoisotopic (exact) mass is 506 g/mol.